The summed E-state index contributed by atoms with van der Waals surface area (Å²) in [5.41, 5.74) is -0.116. The van der Waals surface area contributed by atoms with Crippen molar-refractivity contribution >= 4 is 11.9 Å². The molecular formula is C15H20N2O4. The van der Waals surface area contributed by atoms with Crippen molar-refractivity contribution in [3.8, 4) is 5.75 Å². The van der Waals surface area contributed by atoms with Crippen molar-refractivity contribution in [1.82, 2.24) is 10.2 Å². The number of nitrogens with zero attached hydrogens (tertiary/aromatic N) is 1. The summed E-state index contributed by atoms with van der Waals surface area (Å²) in [6.45, 7) is 3.96. The number of aliphatic hydroxyl groups is 1. The van der Waals surface area contributed by atoms with Crippen molar-refractivity contribution in [2.75, 3.05) is 13.2 Å². The molecule has 2 rings (SSSR count). The van der Waals surface area contributed by atoms with Crippen LogP contribution in [0.4, 0.5) is 4.79 Å². The predicted octanol–water partition coefficient (Wildman–Crippen LogP) is 1.28. The van der Waals surface area contributed by atoms with Crippen molar-refractivity contribution in [2.45, 2.75) is 32.4 Å². The van der Waals surface area contributed by atoms with Crippen LogP contribution in [-0.2, 0) is 11.4 Å². The van der Waals surface area contributed by atoms with E-state index in [0.29, 0.717) is 30.9 Å². The maximum absolute atomic E-state index is 12.0. The number of urea groups is 1. The lowest BCUT2D eigenvalue weighted by Crippen LogP contribution is -2.40. The number of aliphatic hydroxyl groups excluding tert-OH is 1. The number of benzene rings is 1. The summed E-state index contributed by atoms with van der Waals surface area (Å²) in [5, 5.41) is 11.8. The molecule has 0 radical (unpaired) electrons. The summed E-state index contributed by atoms with van der Waals surface area (Å²) in [6, 6.07) is 6.86. The Balaban J connectivity index is 1.83. The summed E-state index contributed by atoms with van der Waals surface area (Å²) < 4.78 is 5.58. The molecule has 1 saturated heterocycles. The van der Waals surface area contributed by atoms with Crippen LogP contribution in [0.5, 0.6) is 5.75 Å². The van der Waals surface area contributed by atoms with Crippen LogP contribution in [0.25, 0.3) is 0 Å². The second-order valence-electron chi connectivity index (χ2n) is 5.48. The highest BCUT2D eigenvalue weighted by atomic mass is 16.5. The predicted molar refractivity (Wildman–Crippen MR) is 76.8 cm³/mol. The molecular weight excluding hydrogens is 272 g/mol. The zero-order chi connectivity index (χ0) is 15.5. The lowest BCUT2D eigenvalue weighted by Gasteiger charge is -2.16. The quantitative estimate of drug-likeness (QED) is 0.611. The first-order valence-electron chi connectivity index (χ1n) is 6.91. The number of carbonyl (C=O) groups excluding carboxylic acids is 2. The van der Waals surface area contributed by atoms with Gasteiger partial charge in [-0.05, 0) is 26.3 Å². The summed E-state index contributed by atoms with van der Waals surface area (Å²) >= 11 is 0. The van der Waals surface area contributed by atoms with Crippen LogP contribution in [0.2, 0.25) is 0 Å². The van der Waals surface area contributed by atoms with Crippen molar-refractivity contribution in [1.29, 1.82) is 0 Å². The first-order valence-corrected chi connectivity index (χ1v) is 6.91. The third-order valence-corrected chi connectivity index (χ3v) is 3.37. The van der Waals surface area contributed by atoms with Crippen LogP contribution in [0.1, 0.15) is 25.8 Å². The molecule has 0 aliphatic carbocycles. The minimum atomic E-state index is -0.832. The summed E-state index contributed by atoms with van der Waals surface area (Å²) in [6.07, 6.45) is 0.537. The van der Waals surface area contributed by atoms with Crippen molar-refractivity contribution in [3.05, 3.63) is 29.8 Å². The maximum atomic E-state index is 12.0. The number of amides is 3. The van der Waals surface area contributed by atoms with Gasteiger partial charge in [-0.15, -0.1) is 0 Å². The van der Waals surface area contributed by atoms with E-state index in [4.69, 9.17) is 4.74 Å². The molecule has 3 amide bonds. The Morgan fingerprint density at radius 1 is 1.29 bits per heavy atom. The van der Waals surface area contributed by atoms with Gasteiger partial charge in [0.1, 0.15) is 11.3 Å². The van der Waals surface area contributed by atoms with Gasteiger partial charge in [-0.25, -0.2) is 4.79 Å². The van der Waals surface area contributed by atoms with Crippen molar-refractivity contribution < 1.29 is 19.4 Å². The number of para-hydroxylation sites is 1. The molecule has 21 heavy (non-hydrogen) atoms. The lowest BCUT2D eigenvalue weighted by molar-refractivity contribution is -0.130. The summed E-state index contributed by atoms with van der Waals surface area (Å²) in [7, 11) is 0. The van der Waals surface area contributed by atoms with Gasteiger partial charge in [-0.1, -0.05) is 18.2 Å². The number of carbonyl (C=O) groups is 2. The number of imide groups is 1. The Hall–Kier alpha value is -2.08. The molecule has 114 valence electrons. The zero-order valence-electron chi connectivity index (χ0n) is 12.3. The minimum absolute atomic E-state index is 0.0859. The Kier molecular flexibility index (Phi) is 4.47. The fourth-order valence-corrected chi connectivity index (χ4v) is 2.20. The second kappa shape index (κ2) is 6.13. The van der Waals surface area contributed by atoms with Gasteiger partial charge < -0.3 is 15.2 Å². The molecule has 2 N–H and O–H groups in total. The molecule has 1 aliphatic rings. The van der Waals surface area contributed by atoms with Gasteiger partial charge in [-0.2, -0.15) is 0 Å². The van der Waals surface area contributed by atoms with Crippen LogP contribution in [0.3, 0.4) is 0 Å². The fraction of sp³-hybridized carbons (Fsp3) is 0.467. The molecule has 1 aliphatic heterocycles. The highest BCUT2D eigenvalue weighted by Crippen LogP contribution is 2.19. The highest BCUT2D eigenvalue weighted by molar-refractivity contribution is 6.06. The number of hydrogen-bond acceptors (Lipinski definition) is 4. The molecule has 0 bridgehead atoms. The number of ether oxygens (including phenoxy) is 1. The van der Waals surface area contributed by atoms with E-state index in [0.717, 1.165) is 0 Å². The van der Waals surface area contributed by atoms with Crippen LogP contribution in [-0.4, -0.2) is 40.6 Å². The smallest absolute Gasteiger partial charge is 0.325 e. The average Bonchev–Trinajstić information content (AvgIpc) is 2.65. The maximum Gasteiger partial charge on any atom is 0.325 e. The Morgan fingerprint density at radius 2 is 2.00 bits per heavy atom. The lowest BCUT2D eigenvalue weighted by atomic mass is 10.1. The molecule has 1 heterocycles. The topological polar surface area (TPSA) is 78.9 Å². The van der Waals surface area contributed by atoms with Crippen molar-refractivity contribution in [2.24, 2.45) is 0 Å². The molecule has 0 aromatic heterocycles. The molecule has 1 aromatic rings. The minimum Gasteiger partial charge on any atom is -0.493 e. The van der Waals surface area contributed by atoms with Crippen LogP contribution in [0, 0.1) is 0 Å². The standard InChI is InChI=1S/C15H20N2O4/c1-15(2)13(19)17(14(20)16-15)8-5-9-21-12-7-4-3-6-11(12)10-18/h3-4,6-7,18H,5,8-10H2,1-2H3,(H,16,20). The monoisotopic (exact) mass is 292 g/mol. The van der Waals surface area contributed by atoms with E-state index in [1.807, 2.05) is 12.1 Å². The van der Waals surface area contributed by atoms with Gasteiger partial charge in [0, 0.05) is 12.1 Å². The summed E-state index contributed by atoms with van der Waals surface area (Å²) in [5.74, 6) is 0.404. The average molecular weight is 292 g/mol. The molecule has 6 nitrogen and oxygen atoms in total. The van der Waals surface area contributed by atoms with E-state index in [-0.39, 0.29) is 18.5 Å². The van der Waals surface area contributed by atoms with Crippen molar-refractivity contribution in [3.63, 3.8) is 0 Å². The molecule has 1 aromatic carbocycles. The Morgan fingerprint density at radius 3 is 2.62 bits per heavy atom. The van der Waals surface area contributed by atoms with Crippen LogP contribution in [0.15, 0.2) is 24.3 Å². The highest BCUT2D eigenvalue weighted by Gasteiger charge is 2.43. The van der Waals surface area contributed by atoms with Gasteiger partial charge >= 0.3 is 6.03 Å². The van der Waals surface area contributed by atoms with E-state index in [9.17, 15) is 14.7 Å². The molecule has 1 fully saturated rings. The summed E-state index contributed by atoms with van der Waals surface area (Å²) in [4.78, 5) is 24.9. The van der Waals surface area contributed by atoms with E-state index in [2.05, 4.69) is 5.32 Å². The SMILES string of the molecule is CC1(C)NC(=O)N(CCCOc2ccccc2CO)C1=O. The van der Waals surface area contributed by atoms with Gasteiger partial charge in [-0.3, -0.25) is 9.69 Å². The first-order chi connectivity index (χ1) is 9.95. The molecule has 6 heteroatoms. The van der Waals surface area contributed by atoms with Crippen LogP contribution >= 0.6 is 0 Å². The first kappa shape index (κ1) is 15.3. The van der Waals surface area contributed by atoms with E-state index < -0.39 is 5.54 Å². The molecule has 0 unspecified atom stereocenters. The van der Waals surface area contributed by atoms with E-state index in [1.165, 1.54) is 4.90 Å². The second-order valence-corrected chi connectivity index (χ2v) is 5.48. The third kappa shape index (κ3) is 3.33. The zero-order valence-corrected chi connectivity index (χ0v) is 12.3. The van der Waals surface area contributed by atoms with Gasteiger partial charge in [0.15, 0.2) is 0 Å². The Labute approximate surface area is 123 Å². The normalized spacial score (nSPS) is 17.0. The van der Waals surface area contributed by atoms with Crippen LogP contribution < -0.4 is 10.1 Å². The number of nitrogens with one attached hydrogen (secondary N) is 1. The van der Waals surface area contributed by atoms with E-state index in [1.54, 1.807) is 26.0 Å². The Bertz CT molecular complexity index is 542. The number of hydrogen-bond donors (Lipinski definition) is 2. The van der Waals surface area contributed by atoms with Gasteiger partial charge in [0.2, 0.25) is 0 Å². The molecule has 0 spiro atoms. The van der Waals surface area contributed by atoms with E-state index >= 15 is 0 Å². The molecule has 0 saturated carbocycles. The van der Waals surface area contributed by atoms with Gasteiger partial charge in [0.25, 0.3) is 5.91 Å². The number of rotatable bonds is 6. The third-order valence-electron chi connectivity index (χ3n) is 3.37. The fourth-order valence-electron chi connectivity index (χ4n) is 2.20. The largest absolute Gasteiger partial charge is 0.493 e. The molecule has 0 atom stereocenters. The van der Waals surface area contributed by atoms with Gasteiger partial charge in [0.05, 0.1) is 13.2 Å².